The Kier molecular flexibility index (Phi) is 4.61. The number of hydrogen-bond donors (Lipinski definition) is 1. The zero-order valence-electron chi connectivity index (χ0n) is 8.56. The van der Waals surface area contributed by atoms with Crippen molar-refractivity contribution in [2.75, 3.05) is 0 Å². The highest BCUT2D eigenvalue weighted by Gasteiger charge is 2.02. The fraction of sp³-hybridized carbons (Fsp3) is 0.333. The first-order valence-corrected chi connectivity index (χ1v) is 5.12. The van der Waals surface area contributed by atoms with Gasteiger partial charge in [-0.15, -0.1) is 12.3 Å². The van der Waals surface area contributed by atoms with Crippen LogP contribution in [0.4, 0.5) is 4.39 Å². The Labute approximate surface area is 94.6 Å². The molecular weight excluding hydrogens is 213 g/mol. The lowest BCUT2D eigenvalue weighted by molar-refractivity contribution is 0.558. The largest absolute Gasteiger partial charge is 0.309 e. The maximum Gasteiger partial charge on any atom is 0.141 e. The Morgan fingerprint density at radius 1 is 1.60 bits per heavy atom. The van der Waals surface area contributed by atoms with Crippen LogP contribution < -0.4 is 5.32 Å². The highest BCUT2D eigenvalue weighted by Crippen LogP contribution is 2.15. The average molecular weight is 226 g/mol. The normalized spacial score (nSPS) is 12.1. The van der Waals surface area contributed by atoms with Gasteiger partial charge in [0.1, 0.15) is 5.82 Å². The molecule has 0 heterocycles. The van der Waals surface area contributed by atoms with Crippen molar-refractivity contribution < 1.29 is 4.39 Å². The molecule has 0 radical (unpaired) electrons. The molecule has 80 valence electrons. The molecule has 0 aliphatic rings. The van der Waals surface area contributed by atoms with E-state index in [-0.39, 0.29) is 11.1 Å². The molecule has 0 saturated carbocycles. The van der Waals surface area contributed by atoms with Crippen molar-refractivity contribution in [3.8, 4) is 12.3 Å². The van der Waals surface area contributed by atoms with E-state index in [4.69, 9.17) is 18.0 Å². The third-order valence-electron chi connectivity index (χ3n) is 2.06. The summed E-state index contributed by atoms with van der Waals surface area (Å²) in [6.45, 7) is 2.65. The fourth-order valence-corrected chi connectivity index (χ4v) is 1.39. The van der Waals surface area contributed by atoms with Gasteiger partial charge >= 0.3 is 0 Å². The summed E-state index contributed by atoms with van der Waals surface area (Å²) in [7, 11) is 0. The van der Waals surface area contributed by atoms with E-state index in [1.807, 2.05) is 6.92 Å². The molecule has 0 bridgehead atoms. The molecule has 1 aromatic rings. The van der Waals surface area contributed by atoms with Gasteiger partial charge in [-0.3, -0.25) is 0 Å². The quantitative estimate of drug-likeness (QED) is 0.777. The predicted octanol–water partition coefficient (Wildman–Crippen LogP) is 2.98. The van der Waals surface area contributed by atoms with E-state index >= 15 is 0 Å². The van der Waals surface area contributed by atoms with Crippen molar-refractivity contribution in [3.63, 3.8) is 0 Å². The molecule has 15 heavy (non-hydrogen) atoms. The lowest BCUT2D eigenvalue weighted by atomic mass is 10.2. The molecular formula is C12H13ClFN. The summed E-state index contributed by atoms with van der Waals surface area (Å²) in [5.74, 6) is 2.18. The van der Waals surface area contributed by atoms with Gasteiger partial charge in [0.05, 0.1) is 5.02 Å². The highest BCUT2D eigenvalue weighted by atomic mass is 35.5. The predicted molar refractivity (Wildman–Crippen MR) is 61.2 cm³/mol. The van der Waals surface area contributed by atoms with Gasteiger partial charge in [0, 0.05) is 19.0 Å². The van der Waals surface area contributed by atoms with Crippen LogP contribution >= 0.6 is 11.6 Å². The fourth-order valence-electron chi connectivity index (χ4n) is 1.19. The zero-order chi connectivity index (χ0) is 11.3. The van der Waals surface area contributed by atoms with Crippen LogP contribution in [-0.4, -0.2) is 6.04 Å². The molecule has 1 aromatic carbocycles. The van der Waals surface area contributed by atoms with E-state index in [0.717, 1.165) is 5.56 Å². The van der Waals surface area contributed by atoms with Crippen molar-refractivity contribution in [1.82, 2.24) is 5.32 Å². The van der Waals surface area contributed by atoms with Crippen LogP contribution in [-0.2, 0) is 6.54 Å². The highest BCUT2D eigenvalue weighted by molar-refractivity contribution is 6.30. The molecule has 3 heteroatoms. The maximum absolute atomic E-state index is 12.8. The molecule has 1 N–H and O–H groups in total. The number of nitrogens with one attached hydrogen (secondary N) is 1. The van der Waals surface area contributed by atoms with E-state index in [0.29, 0.717) is 13.0 Å². The summed E-state index contributed by atoms with van der Waals surface area (Å²) < 4.78 is 12.8. The van der Waals surface area contributed by atoms with Crippen LogP contribution in [0.25, 0.3) is 0 Å². The van der Waals surface area contributed by atoms with Crippen LogP contribution in [0.15, 0.2) is 18.2 Å². The molecule has 0 aliphatic carbocycles. The van der Waals surface area contributed by atoms with E-state index < -0.39 is 5.82 Å². The molecule has 1 rings (SSSR count). The first-order valence-electron chi connectivity index (χ1n) is 4.74. The Bertz CT molecular complexity index is 370. The SMILES string of the molecule is C#CCC(C)NCc1ccc(F)c(Cl)c1. The number of benzene rings is 1. The van der Waals surface area contributed by atoms with E-state index in [9.17, 15) is 4.39 Å². The molecule has 0 amide bonds. The van der Waals surface area contributed by atoms with E-state index in [1.165, 1.54) is 6.07 Å². The second kappa shape index (κ2) is 5.75. The third-order valence-corrected chi connectivity index (χ3v) is 2.35. The summed E-state index contributed by atoms with van der Waals surface area (Å²) in [5.41, 5.74) is 0.949. The molecule has 1 atom stereocenters. The van der Waals surface area contributed by atoms with E-state index in [1.54, 1.807) is 12.1 Å². The molecule has 0 spiro atoms. The van der Waals surface area contributed by atoms with Crippen LogP contribution in [0.1, 0.15) is 18.9 Å². The van der Waals surface area contributed by atoms with Crippen molar-refractivity contribution in [1.29, 1.82) is 0 Å². The molecule has 1 nitrogen and oxygen atoms in total. The minimum atomic E-state index is -0.392. The summed E-state index contributed by atoms with van der Waals surface area (Å²) in [6, 6.07) is 4.94. The van der Waals surface area contributed by atoms with Crippen LogP contribution in [0.3, 0.4) is 0 Å². The van der Waals surface area contributed by atoms with Crippen molar-refractivity contribution in [3.05, 3.63) is 34.6 Å². The Morgan fingerprint density at radius 3 is 2.93 bits per heavy atom. The first-order chi connectivity index (χ1) is 7.13. The van der Waals surface area contributed by atoms with Gasteiger partial charge in [0.25, 0.3) is 0 Å². The molecule has 0 aliphatic heterocycles. The van der Waals surface area contributed by atoms with Gasteiger partial charge in [-0.05, 0) is 24.6 Å². The van der Waals surface area contributed by atoms with Crippen LogP contribution in [0.2, 0.25) is 5.02 Å². The zero-order valence-corrected chi connectivity index (χ0v) is 9.31. The van der Waals surface area contributed by atoms with Crippen molar-refractivity contribution in [2.24, 2.45) is 0 Å². The molecule has 0 aromatic heterocycles. The summed E-state index contributed by atoms with van der Waals surface area (Å²) in [5, 5.41) is 3.37. The Hall–Kier alpha value is -1.04. The number of hydrogen-bond acceptors (Lipinski definition) is 1. The van der Waals surface area contributed by atoms with Gasteiger partial charge in [0.2, 0.25) is 0 Å². The lowest BCUT2D eigenvalue weighted by Gasteiger charge is -2.10. The second-order valence-electron chi connectivity index (χ2n) is 3.44. The number of rotatable bonds is 4. The molecule has 1 unspecified atom stereocenters. The van der Waals surface area contributed by atoms with Crippen LogP contribution in [0, 0.1) is 18.2 Å². The minimum Gasteiger partial charge on any atom is -0.309 e. The second-order valence-corrected chi connectivity index (χ2v) is 3.85. The standard InChI is InChI=1S/C12H13ClFN/c1-3-4-9(2)15-8-10-5-6-12(14)11(13)7-10/h1,5-7,9,15H,4,8H2,2H3. The number of halogens is 2. The monoisotopic (exact) mass is 225 g/mol. The first kappa shape index (κ1) is 12.0. The smallest absolute Gasteiger partial charge is 0.141 e. The third kappa shape index (κ3) is 3.91. The van der Waals surface area contributed by atoms with Gasteiger partial charge in [-0.1, -0.05) is 17.7 Å². The lowest BCUT2D eigenvalue weighted by Crippen LogP contribution is -2.24. The van der Waals surface area contributed by atoms with Crippen molar-refractivity contribution in [2.45, 2.75) is 25.9 Å². The molecule has 0 fully saturated rings. The van der Waals surface area contributed by atoms with Gasteiger partial charge in [-0.25, -0.2) is 4.39 Å². The Balaban J connectivity index is 2.51. The summed E-state index contributed by atoms with van der Waals surface area (Å²) >= 11 is 5.66. The summed E-state index contributed by atoms with van der Waals surface area (Å²) in [6.07, 6.45) is 5.86. The van der Waals surface area contributed by atoms with E-state index in [2.05, 4.69) is 11.2 Å². The van der Waals surface area contributed by atoms with Crippen molar-refractivity contribution >= 4 is 11.6 Å². The maximum atomic E-state index is 12.8. The topological polar surface area (TPSA) is 12.0 Å². The summed E-state index contributed by atoms with van der Waals surface area (Å²) in [4.78, 5) is 0. The molecule has 0 saturated heterocycles. The van der Waals surface area contributed by atoms with Crippen LogP contribution in [0.5, 0.6) is 0 Å². The number of terminal acetylenes is 1. The van der Waals surface area contributed by atoms with Gasteiger partial charge in [0.15, 0.2) is 0 Å². The average Bonchev–Trinajstić information content (AvgIpc) is 2.20. The Morgan fingerprint density at radius 2 is 2.33 bits per heavy atom. The van der Waals surface area contributed by atoms with Gasteiger partial charge in [-0.2, -0.15) is 0 Å². The minimum absolute atomic E-state index is 0.152. The van der Waals surface area contributed by atoms with Gasteiger partial charge < -0.3 is 5.32 Å².